The van der Waals surface area contributed by atoms with Crippen molar-refractivity contribution in [2.24, 2.45) is 13.0 Å². The molecule has 0 aromatic carbocycles. The fourth-order valence-corrected chi connectivity index (χ4v) is 3.38. The average molecular weight is 303 g/mol. The lowest BCUT2D eigenvalue weighted by molar-refractivity contribution is 0.0730. The maximum absolute atomic E-state index is 12.6. The summed E-state index contributed by atoms with van der Waals surface area (Å²) in [6.07, 6.45) is 1.77. The summed E-state index contributed by atoms with van der Waals surface area (Å²) in [6.45, 7) is 4.05. The summed E-state index contributed by atoms with van der Waals surface area (Å²) in [4.78, 5) is 18.8. The maximum Gasteiger partial charge on any atom is 0.274 e. The summed E-state index contributed by atoms with van der Waals surface area (Å²) in [7, 11) is 1.80. The third-order valence-electron chi connectivity index (χ3n) is 4.55. The summed E-state index contributed by atoms with van der Waals surface area (Å²) in [5, 5.41) is 8.08. The fourth-order valence-electron chi connectivity index (χ4n) is 3.38. The summed E-state index contributed by atoms with van der Waals surface area (Å²) >= 11 is 0. The first-order valence-corrected chi connectivity index (χ1v) is 7.26. The Kier molecular flexibility index (Phi) is 2.83. The molecular formula is C14H17N5O3. The third kappa shape index (κ3) is 1.87. The minimum atomic E-state index is -0.383. The SMILES string of the molecule is Cc1noc([C@]23COC[C@H]2CN(C(=O)c2ccn(C)n2)C3)n1. The highest BCUT2D eigenvalue weighted by molar-refractivity contribution is 5.92. The van der Waals surface area contributed by atoms with E-state index in [1.807, 2.05) is 4.90 Å². The number of nitrogens with zero attached hydrogens (tertiary/aromatic N) is 5. The van der Waals surface area contributed by atoms with Gasteiger partial charge in [0.05, 0.1) is 18.6 Å². The van der Waals surface area contributed by atoms with Gasteiger partial charge in [-0.2, -0.15) is 10.1 Å². The number of carbonyl (C=O) groups is 1. The van der Waals surface area contributed by atoms with Gasteiger partial charge in [0.1, 0.15) is 5.69 Å². The van der Waals surface area contributed by atoms with Gasteiger partial charge in [0.2, 0.25) is 5.89 Å². The first-order chi connectivity index (χ1) is 10.6. The molecule has 4 heterocycles. The molecule has 2 aliphatic heterocycles. The number of hydrogen-bond donors (Lipinski definition) is 0. The Morgan fingerprint density at radius 2 is 2.36 bits per heavy atom. The van der Waals surface area contributed by atoms with Crippen LogP contribution in [0.1, 0.15) is 22.2 Å². The van der Waals surface area contributed by atoms with Gasteiger partial charge in [0.25, 0.3) is 5.91 Å². The smallest absolute Gasteiger partial charge is 0.274 e. The summed E-state index contributed by atoms with van der Waals surface area (Å²) in [6, 6.07) is 1.73. The quantitative estimate of drug-likeness (QED) is 0.785. The molecule has 0 unspecified atom stereocenters. The van der Waals surface area contributed by atoms with Crippen molar-refractivity contribution in [3.8, 4) is 0 Å². The molecular weight excluding hydrogens is 286 g/mol. The first-order valence-electron chi connectivity index (χ1n) is 7.26. The van der Waals surface area contributed by atoms with Gasteiger partial charge in [-0.25, -0.2) is 0 Å². The summed E-state index contributed by atoms with van der Waals surface area (Å²) in [5.41, 5.74) is 0.0753. The highest BCUT2D eigenvalue weighted by Crippen LogP contribution is 2.43. The molecule has 8 nitrogen and oxygen atoms in total. The number of fused-ring (bicyclic) bond motifs is 1. The minimum Gasteiger partial charge on any atom is -0.380 e. The number of ether oxygens (including phenoxy) is 1. The van der Waals surface area contributed by atoms with E-state index >= 15 is 0 Å². The van der Waals surface area contributed by atoms with E-state index in [2.05, 4.69) is 15.2 Å². The van der Waals surface area contributed by atoms with Crippen molar-refractivity contribution in [3.63, 3.8) is 0 Å². The van der Waals surface area contributed by atoms with Gasteiger partial charge in [0, 0.05) is 32.3 Å². The monoisotopic (exact) mass is 303 g/mol. The standard InChI is InChI=1S/C14H17N5O3/c1-9-15-13(22-17-9)14-7-19(5-10(14)6-21-8-14)12(20)11-3-4-18(2)16-11/h3-4,10H,5-8H2,1-2H3/t10-,14-/m1/s1. The highest BCUT2D eigenvalue weighted by atomic mass is 16.5. The number of likely N-dealkylation sites (tertiary alicyclic amines) is 1. The van der Waals surface area contributed by atoms with Crippen molar-refractivity contribution in [2.45, 2.75) is 12.3 Å². The van der Waals surface area contributed by atoms with Gasteiger partial charge < -0.3 is 14.2 Å². The second kappa shape index (κ2) is 4.64. The molecule has 2 saturated heterocycles. The molecule has 2 aromatic rings. The predicted molar refractivity (Wildman–Crippen MR) is 74.1 cm³/mol. The van der Waals surface area contributed by atoms with Crippen molar-refractivity contribution in [2.75, 3.05) is 26.3 Å². The van der Waals surface area contributed by atoms with Gasteiger partial charge in [-0.15, -0.1) is 0 Å². The topological polar surface area (TPSA) is 86.3 Å². The fraction of sp³-hybridized carbons (Fsp3) is 0.571. The largest absolute Gasteiger partial charge is 0.380 e. The van der Waals surface area contributed by atoms with Gasteiger partial charge in [-0.1, -0.05) is 5.16 Å². The van der Waals surface area contributed by atoms with Crippen molar-refractivity contribution in [1.82, 2.24) is 24.8 Å². The van der Waals surface area contributed by atoms with Crippen LogP contribution in [0.2, 0.25) is 0 Å². The van der Waals surface area contributed by atoms with Crippen molar-refractivity contribution >= 4 is 5.91 Å². The van der Waals surface area contributed by atoms with Crippen LogP contribution in [-0.2, 0) is 17.2 Å². The zero-order valence-corrected chi connectivity index (χ0v) is 12.5. The Balaban J connectivity index is 1.63. The normalized spacial score (nSPS) is 27.4. The van der Waals surface area contributed by atoms with Crippen LogP contribution in [0, 0.1) is 12.8 Å². The molecule has 0 bridgehead atoms. The van der Waals surface area contributed by atoms with E-state index in [0.29, 0.717) is 43.7 Å². The van der Waals surface area contributed by atoms with Crippen molar-refractivity contribution < 1.29 is 14.1 Å². The predicted octanol–water partition coefficient (Wildman–Crippen LogP) is 0.152. The van der Waals surface area contributed by atoms with E-state index in [0.717, 1.165) is 0 Å². The number of aromatic nitrogens is 4. The zero-order chi connectivity index (χ0) is 15.3. The summed E-state index contributed by atoms with van der Waals surface area (Å²) in [5.74, 6) is 1.29. The van der Waals surface area contributed by atoms with Crippen LogP contribution in [-0.4, -0.2) is 57.0 Å². The third-order valence-corrected chi connectivity index (χ3v) is 4.55. The van der Waals surface area contributed by atoms with E-state index < -0.39 is 0 Å². The van der Waals surface area contributed by atoms with Crippen molar-refractivity contribution in [1.29, 1.82) is 0 Å². The molecule has 0 radical (unpaired) electrons. The summed E-state index contributed by atoms with van der Waals surface area (Å²) < 4.78 is 12.7. The van der Waals surface area contributed by atoms with Crippen LogP contribution in [0.15, 0.2) is 16.8 Å². The Labute approximate surface area is 127 Å². The molecule has 1 amide bonds. The Morgan fingerprint density at radius 1 is 1.50 bits per heavy atom. The number of hydrogen-bond acceptors (Lipinski definition) is 6. The lowest BCUT2D eigenvalue weighted by atomic mass is 9.81. The lowest BCUT2D eigenvalue weighted by Crippen LogP contribution is -2.37. The Morgan fingerprint density at radius 3 is 3.05 bits per heavy atom. The van der Waals surface area contributed by atoms with E-state index in [4.69, 9.17) is 9.26 Å². The average Bonchev–Trinajstić information content (AvgIpc) is 3.19. The second-order valence-corrected chi connectivity index (χ2v) is 6.08. The molecule has 116 valence electrons. The molecule has 2 aromatic heterocycles. The molecule has 2 aliphatic rings. The van der Waals surface area contributed by atoms with Gasteiger partial charge >= 0.3 is 0 Å². The number of amides is 1. The number of rotatable bonds is 2. The molecule has 0 N–H and O–H groups in total. The highest BCUT2D eigenvalue weighted by Gasteiger charge is 2.56. The molecule has 22 heavy (non-hydrogen) atoms. The Hall–Kier alpha value is -2.22. The Bertz CT molecular complexity index is 724. The van der Waals surface area contributed by atoms with Crippen LogP contribution in [0.4, 0.5) is 0 Å². The van der Waals surface area contributed by atoms with Gasteiger partial charge in [-0.05, 0) is 13.0 Å². The molecule has 4 rings (SSSR count). The molecule has 2 fully saturated rings. The molecule has 0 spiro atoms. The number of carbonyl (C=O) groups excluding carboxylic acids is 1. The lowest BCUT2D eigenvalue weighted by Gasteiger charge is -2.22. The van der Waals surface area contributed by atoms with Gasteiger partial charge in [-0.3, -0.25) is 9.48 Å². The van der Waals surface area contributed by atoms with E-state index in [9.17, 15) is 4.79 Å². The van der Waals surface area contributed by atoms with E-state index in [-0.39, 0.29) is 17.2 Å². The maximum atomic E-state index is 12.6. The molecule has 2 atom stereocenters. The number of aryl methyl sites for hydroxylation is 2. The molecule has 0 aliphatic carbocycles. The molecule has 8 heteroatoms. The van der Waals surface area contributed by atoms with E-state index in [1.54, 1.807) is 30.9 Å². The van der Waals surface area contributed by atoms with Crippen LogP contribution >= 0.6 is 0 Å². The first kappa shape index (κ1) is 13.4. The van der Waals surface area contributed by atoms with Crippen molar-refractivity contribution in [3.05, 3.63) is 29.7 Å². The zero-order valence-electron chi connectivity index (χ0n) is 12.5. The molecule has 0 saturated carbocycles. The van der Waals surface area contributed by atoms with Crippen LogP contribution in [0.5, 0.6) is 0 Å². The van der Waals surface area contributed by atoms with Crippen LogP contribution in [0.3, 0.4) is 0 Å². The van der Waals surface area contributed by atoms with Crippen LogP contribution in [0.25, 0.3) is 0 Å². The van der Waals surface area contributed by atoms with E-state index in [1.165, 1.54) is 0 Å². The second-order valence-electron chi connectivity index (χ2n) is 6.08. The van der Waals surface area contributed by atoms with Gasteiger partial charge in [0.15, 0.2) is 5.82 Å². The van der Waals surface area contributed by atoms with Crippen LogP contribution < -0.4 is 0 Å². The minimum absolute atomic E-state index is 0.0642.